The Labute approximate surface area is 136 Å². The average molecular weight is 338 g/mol. The van der Waals surface area contributed by atoms with E-state index in [0.717, 1.165) is 18.8 Å². The summed E-state index contributed by atoms with van der Waals surface area (Å²) in [6.07, 6.45) is 4.50. The van der Waals surface area contributed by atoms with Gasteiger partial charge in [0, 0.05) is 35.7 Å². The first-order valence-corrected chi connectivity index (χ1v) is 9.58. The van der Waals surface area contributed by atoms with Crippen LogP contribution in [-0.2, 0) is 23.1 Å². The first-order valence-electron chi connectivity index (χ1n) is 7.73. The van der Waals surface area contributed by atoms with Crippen LogP contribution in [0.25, 0.3) is 10.9 Å². The number of benzene rings is 1. The SMILES string of the molecule is COc1ccc2c(c1)c1c3n2CCNC3CCC1.CS(=O)(=O)O. The third-order valence-electron chi connectivity index (χ3n) is 4.40. The summed E-state index contributed by atoms with van der Waals surface area (Å²) in [6.45, 7) is 2.18. The van der Waals surface area contributed by atoms with Crippen molar-refractivity contribution in [2.75, 3.05) is 19.9 Å². The van der Waals surface area contributed by atoms with Crippen molar-refractivity contribution in [3.05, 3.63) is 29.5 Å². The van der Waals surface area contributed by atoms with Gasteiger partial charge in [0.15, 0.2) is 0 Å². The van der Waals surface area contributed by atoms with Crippen LogP contribution in [-0.4, -0.2) is 37.4 Å². The van der Waals surface area contributed by atoms with Gasteiger partial charge in [0.05, 0.1) is 13.4 Å². The highest BCUT2D eigenvalue weighted by Crippen LogP contribution is 2.39. The maximum Gasteiger partial charge on any atom is 0.261 e. The van der Waals surface area contributed by atoms with Crippen molar-refractivity contribution in [3.8, 4) is 5.75 Å². The second-order valence-corrected chi connectivity index (χ2v) is 7.50. The van der Waals surface area contributed by atoms with Gasteiger partial charge in [-0.2, -0.15) is 8.42 Å². The molecular formula is C16H22N2O4S. The van der Waals surface area contributed by atoms with E-state index in [9.17, 15) is 8.42 Å². The first kappa shape index (κ1) is 16.3. The number of methoxy groups -OCH3 is 1. The molecule has 0 fully saturated rings. The standard InChI is InChI=1S/C15H18N2O.CH4O3S/c1-18-10-5-6-14-12(9-10)11-3-2-4-13-15(11)17(14)8-7-16-13;1-5(2,3)4/h5-6,9,13,16H,2-4,7-8H2,1H3;1H3,(H,2,3,4). The molecular weight excluding hydrogens is 316 g/mol. The molecule has 0 radical (unpaired) electrons. The van der Waals surface area contributed by atoms with Crippen molar-refractivity contribution < 1.29 is 17.7 Å². The third-order valence-corrected chi connectivity index (χ3v) is 4.40. The van der Waals surface area contributed by atoms with E-state index >= 15 is 0 Å². The number of ether oxygens (including phenoxy) is 1. The van der Waals surface area contributed by atoms with Crippen LogP contribution in [0.1, 0.15) is 30.1 Å². The van der Waals surface area contributed by atoms with Crippen molar-refractivity contribution in [1.29, 1.82) is 0 Å². The molecule has 1 aliphatic carbocycles. The van der Waals surface area contributed by atoms with Gasteiger partial charge < -0.3 is 14.6 Å². The molecule has 1 aromatic heterocycles. The second-order valence-electron chi connectivity index (χ2n) is 6.03. The summed E-state index contributed by atoms with van der Waals surface area (Å²) < 4.78 is 33.8. The molecule has 2 aromatic rings. The molecule has 0 bridgehead atoms. The number of aromatic nitrogens is 1. The largest absolute Gasteiger partial charge is 0.497 e. The normalized spacial score (nSPS) is 19.7. The highest BCUT2D eigenvalue weighted by atomic mass is 32.2. The van der Waals surface area contributed by atoms with Crippen molar-refractivity contribution in [2.24, 2.45) is 0 Å². The van der Waals surface area contributed by atoms with Crippen molar-refractivity contribution in [3.63, 3.8) is 0 Å². The molecule has 0 amide bonds. The van der Waals surface area contributed by atoms with Crippen molar-refractivity contribution in [2.45, 2.75) is 31.8 Å². The molecule has 23 heavy (non-hydrogen) atoms. The van der Waals surface area contributed by atoms with Gasteiger partial charge in [-0.1, -0.05) is 0 Å². The maximum atomic E-state index is 9.19. The van der Waals surface area contributed by atoms with Gasteiger partial charge in [-0.3, -0.25) is 4.55 Å². The Morgan fingerprint density at radius 3 is 2.83 bits per heavy atom. The van der Waals surface area contributed by atoms with Crippen LogP contribution in [0.15, 0.2) is 18.2 Å². The molecule has 0 spiro atoms. The zero-order valence-corrected chi connectivity index (χ0v) is 14.2. The fourth-order valence-electron chi connectivity index (χ4n) is 3.62. The number of fused-ring (bicyclic) bond motifs is 3. The lowest BCUT2D eigenvalue weighted by molar-refractivity contribution is 0.384. The van der Waals surface area contributed by atoms with Gasteiger partial charge in [-0.25, -0.2) is 0 Å². The minimum Gasteiger partial charge on any atom is -0.497 e. The number of nitrogens with zero attached hydrogens (tertiary/aromatic N) is 1. The minimum atomic E-state index is -3.67. The Hall–Kier alpha value is -1.57. The van der Waals surface area contributed by atoms with Crippen LogP contribution in [0.4, 0.5) is 0 Å². The molecule has 1 aliphatic heterocycles. The number of nitrogens with one attached hydrogen (secondary N) is 1. The predicted molar refractivity (Wildman–Crippen MR) is 89.6 cm³/mol. The molecule has 2 aliphatic rings. The topological polar surface area (TPSA) is 80.6 Å². The van der Waals surface area contributed by atoms with E-state index in [1.807, 2.05) is 0 Å². The molecule has 1 aromatic carbocycles. The molecule has 6 nitrogen and oxygen atoms in total. The molecule has 2 N–H and O–H groups in total. The average Bonchev–Trinajstić information content (AvgIpc) is 2.82. The van der Waals surface area contributed by atoms with Gasteiger partial charge >= 0.3 is 0 Å². The van der Waals surface area contributed by atoms with E-state index in [-0.39, 0.29) is 0 Å². The molecule has 1 atom stereocenters. The first-order chi connectivity index (χ1) is 10.9. The lowest BCUT2D eigenvalue weighted by atomic mass is 9.91. The fraction of sp³-hybridized carbons (Fsp3) is 0.500. The van der Waals surface area contributed by atoms with E-state index < -0.39 is 10.1 Å². The molecule has 4 rings (SSSR count). The smallest absolute Gasteiger partial charge is 0.261 e. The van der Waals surface area contributed by atoms with E-state index in [2.05, 4.69) is 28.1 Å². The van der Waals surface area contributed by atoms with Gasteiger partial charge in [0.2, 0.25) is 0 Å². The summed E-state index contributed by atoms with van der Waals surface area (Å²) in [5.41, 5.74) is 4.47. The Bertz CT molecular complexity index is 816. The van der Waals surface area contributed by atoms with Gasteiger partial charge in [-0.05, 0) is 43.0 Å². The monoisotopic (exact) mass is 338 g/mol. The van der Waals surface area contributed by atoms with Crippen LogP contribution in [0.3, 0.4) is 0 Å². The minimum absolute atomic E-state index is 0.570. The molecule has 7 heteroatoms. The summed E-state index contributed by atoms with van der Waals surface area (Å²) >= 11 is 0. The number of hydrogen-bond donors (Lipinski definition) is 2. The summed E-state index contributed by atoms with van der Waals surface area (Å²) in [5.74, 6) is 0.969. The lowest BCUT2D eigenvalue weighted by Gasteiger charge is -2.31. The number of aryl methyl sites for hydroxylation is 1. The van der Waals surface area contributed by atoms with Crippen LogP contribution < -0.4 is 10.1 Å². The molecule has 0 saturated carbocycles. The zero-order chi connectivity index (χ0) is 16.6. The Kier molecular flexibility index (Phi) is 4.35. The van der Waals surface area contributed by atoms with E-state index in [1.165, 1.54) is 35.9 Å². The van der Waals surface area contributed by atoms with E-state index in [4.69, 9.17) is 9.29 Å². The van der Waals surface area contributed by atoms with Crippen LogP contribution in [0.2, 0.25) is 0 Å². The Morgan fingerprint density at radius 2 is 2.13 bits per heavy atom. The van der Waals surface area contributed by atoms with E-state index in [1.54, 1.807) is 12.7 Å². The molecule has 2 heterocycles. The van der Waals surface area contributed by atoms with Crippen LogP contribution in [0, 0.1) is 0 Å². The van der Waals surface area contributed by atoms with Gasteiger partial charge in [0.1, 0.15) is 5.75 Å². The Balaban J connectivity index is 0.000000276. The number of rotatable bonds is 1. The zero-order valence-electron chi connectivity index (χ0n) is 13.4. The van der Waals surface area contributed by atoms with Gasteiger partial charge in [-0.15, -0.1) is 0 Å². The molecule has 126 valence electrons. The van der Waals surface area contributed by atoms with Crippen LogP contribution in [0.5, 0.6) is 5.75 Å². The molecule has 0 saturated heterocycles. The van der Waals surface area contributed by atoms with Crippen LogP contribution >= 0.6 is 0 Å². The Morgan fingerprint density at radius 1 is 1.39 bits per heavy atom. The van der Waals surface area contributed by atoms with E-state index in [0.29, 0.717) is 12.3 Å². The second kappa shape index (κ2) is 6.14. The fourth-order valence-corrected chi connectivity index (χ4v) is 3.62. The predicted octanol–water partition coefficient (Wildman–Crippen LogP) is 2.13. The highest BCUT2D eigenvalue weighted by Gasteiger charge is 2.29. The summed E-state index contributed by atoms with van der Waals surface area (Å²) in [4.78, 5) is 0. The summed E-state index contributed by atoms with van der Waals surface area (Å²) in [7, 11) is -1.92. The quantitative estimate of drug-likeness (QED) is 0.779. The number of hydrogen-bond acceptors (Lipinski definition) is 4. The highest BCUT2D eigenvalue weighted by molar-refractivity contribution is 7.85. The lowest BCUT2D eigenvalue weighted by Crippen LogP contribution is -2.35. The molecule has 1 unspecified atom stereocenters. The summed E-state index contributed by atoms with van der Waals surface area (Å²) in [6, 6.07) is 7.07. The maximum absolute atomic E-state index is 9.19. The van der Waals surface area contributed by atoms with Crippen molar-refractivity contribution in [1.82, 2.24) is 9.88 Å². The summed E-state index contributed by atoms with van der Waals surface area (Å²) in [5, 5.41) is 5.06. The van der Waals surface area contributed by atoms with Gasteiger partial charge in [0.25, 0.3) is 10.1 Å². The third kappa shape index (κ3) is 3.36. The van der Waals surface area contributed by atoms with Crippen molar-refractivity contribution >= 4 is 21.0 Å².